The molecular weight excluding hydrogens is 272 g/mol. The number of hydrogen-bond donors (Lipinski definition) is 1. The van der Waals surface area contributed by atoms with Gasteiger partial charge in [0.15, 0.2) is 0 Å². The second-order valence-corrected chi connectivity index (χ2v) is 4.87. The first kappa shape index (κ1) is 15.0. The number of carbonyl (C=O) groups is 2. The number of carbonyl (C=O) groups excluding carboxylic acids is 1. The second-order valence-electron chi connectivity index (χ2n) is 4.87. The number of carboxylic acids is 1. The summed E-state index contributed by atoms with van der Waals surface area (Å²) >= 11 is 0. The van der Waals surface area contributed by atoms with Crippen LogP contribution in [0.5, 0.6) is 0 Å². The molecule has 1 N–H and O–H groups in total. The molecule has 0 aromatic heterocycles. The van der Waals surface area contributed by atoms with Gasteiger partial charge in [-0.1, -0.05) is 18.2 Å². The summed E-state index contributed by atoms with van der Waals surface area (Å²) in [6.07, 6.45) is -0.0521. The third-order valence-electron chi connectivity index (χ3n) is 3.69. The van der Waals surface area contributed by atoms with Crippen LogP contribution in [0, 0.1) is 17.2 Å². The number of amides is 1. The lowest BCUT2D eigenvalue weighted by molar-refractivity contribution is -0.142. The first-order valence-electron chi connectivity index (χ1n) is 6.60. The van der Waals surface area contributed by atoms with Gasteiger partial charge >= 0.3 is 5.97 Å². The highest BCUT2D eigenvalue weighted by Gasteiger charge is 2.45. The predicted molar refractivity (Wildman–Crippen MR) is 73.2 cm³/mol. The molecule has 1 saturated heterocycles. The van der Waals surface area contributed by atoms with Gasteiger partial charge in [-0.25, -0.2) is 0 Å². The molecule has 2 atom stereocenters. The molecule has 1 heterocycles. The van der Waals surface area contributed by atoms with Crippen molar-refractivity contribution in [3.05, 3.63) is 35.4 Å². The fourth-order valence-corrected chi connectivity index (χ4v) is 2.71. The standard InChI is InChI=1S/C15H16N2O4/c1-21-7-6-17-13(18)8-12(15(19)20)14(17)11-5-3-2-4-10(11)9-16/h2-5,12,14H,6-8H2,1H3,(H,19,20). The van der Waals surface area contributed by atoms with Gasteiger partial charge in [0.05, 0.1) is 30.2 Å². The van der Waals surface area contributed by atoms with Crippen molar-refractivity contribution in [2.45, 2.75) is 12.5 Å². The summed E-state index contributed by atoms with van der Waals surface area (Å²) in [4.78, 5) is 25.1. The number of nitrogens with zero attached hydrogens (tertiary/aromatic N) is 2. The number of benzene rings is 1. The summed E-state index contributed by atoms with van der Waals surface area (Å²) in [5, 5.41) is 18.6. The van der Waals surface area contributed by atoms with Crippen molar-refractivity contribution >= 4 is 11.9 Å². The molecule has 0 spiro atoms. The van der Waals surface area contributed by atoms with Gasteiger partial charge in [-0.15, -0.1) is 0 Å². The van der Waals surface area contributed by atoms with E-state index in [1.165, 1.54) is 12.0 Å². The molecule has 0 aliphatic carbocycles. The summed E-state index contributed by atoms with van der Waals surface area (Å²) in [6.45, 7) is 0.632. The fourth-order valence-electron chi connectivity index (χ4n) is 2.71. The van der Waals surface area contributed by atoms with Crippen molar-refractivity contribution < 1.29 is 19.4 Å². The third-order valence-corrected chi connectivity index (χ3v) is 3.69. The molecule has 0 bridgehead atoms. The van der Waals surface area contributed by atoms with E-state index in [1.54, 1.807) is 24.3 Å². The van der Waals surface area contributed by atoms with Crippen molar-refractivity contribution in [2.24, 2.45) is 5.92 Å². The van der Waals surface area contributed by atoms with Crippen molar-refractivity contribution in [3.8, 4) is 6.07 Å². The number of carboxylic acid groups (broad SMARTS) is 1. The Morgan fingerprint density at radius 3 is 2.86 bits per heavy atom. The van der Waals surface area contributed by atoms with Crippen LogP contribution in [0.3, 0.4) is 0 Å². The van der Waals surface area contributed by atoms with Gasteiger partial charge in [0.2, 0.25) is 5.91 Å². The van der Waals surface area contributed by atoms with Crippen LogP contribution >= 0.6 is 0 Å². The molecule has 6 nitrogen and oxygen atoms in total. The summed E-state index contributed by atoms with van der Waals surface area (Å²) in [6, 6.07) is 8.23. The number of ether oxygens (including phenoxy) is 1. The Morgan fingerprint density at radius 2 is 2.24 bits per heavy atom. The number of rotatable bonds is 5. The van der Waals surface area contributed by atoms with Crippen LogP contribution in [0.15, 0.2) is 24.3 Å². The lowest BCUT2D eigenvalue weighted by atomic mass is 9.91. The van der Waals surface area contributed by atoms with Crippen molar-refractivity contribution in [3.63, 3.8) is 0 Å². The van der Waals surface area contributed by atoms with Crippen LogP contribution in [0.25, 0.3) is 0 Å². The van der Waals surface area contributed by atoms with Gasteiger partial charge in [-0.3, -0.25) is 9.59 Å². The Hall–Kier alpha value is -2.39. The van der Waals surface area contributed by atoms with Gasteiger partial charge in [0, 0.05) is 20.1 Å². The Morgan fingerprint density at radius 1 is 1.52 bits per heavy atom. The number of likely N-dealkylation sites (tertiary alicyclic amines) is 1. The van der Waals surface area contributed by atoms with Gasteiger partial charge in [0.25, 0.3) is 0 Å². The SMILES string of the molecule is COCCN1C(=O)CC(C(=O)O)C1c1ccccc1C#N. The minimum Gasteiger partial charge on any atom is -0.481 e. The molecule has 0 radical (unpaired) electrons. The van der Waals surface area contributed by atoms with E-state index in [9.17, 15) is 20.0 Å². The highest BCUT2D eigenvalue weighted by atomic mass is 16.5. The topological polar surface area (TPSA) is 90.6 Å². The third kappa shape index (κ3) is 2.88. The largest absolute Gasteiger partial charge is 0.481 e. The second kappa shape index (κ2) is 6.37. The Kier molecular flexibility index (Phi) is 4.55. The average Bonchev–Trinajstić information content (AvgIpc) is 2.82. The van der Waals surface area contributed by atoms with E-state index in [2.05, 4.69) is 6.07 Å². The molecule has 1 amide bonds. The maximum atomic E-state index is 12.1. The molecule has 1 aliphatic rings. The van der Waals surface area contributed by atoms with E-state index in [4.69, 9.17) is 4.74 Å². The minimum atomic E-state index is -1.03. The summed E-state index contributed by atoms with van der Waals surface area (Å²) in [7, 11) is 1.52. The lowest BCUT2D eigenvalue weighted by Crippen LogP contribution is -2.33. The first-order valence-corrected chi connectivity index (χ1v) is 6.60. The Labute approximate surface area is 122 Å². The van der Waals surface area contributed by atoms with Gasteiger partial charge in [-0.2, -0.15) is 5.26 Å². The van der Waals surface area contributed by atoms with Crippen molar-refractivity contribution in [1.82, 2.24) is 4.90 Å². The molecule has 6 heteroatoms. The number of methoxy groups -OCH3 is 1. The summed E-state index contributed by atoms with van der Waals surface area (Å²) in [5.41, 5.74) is 0.972. The lowest BCUT2D eigenvalue weighted by Gasteiger charge is -2.27. The molecule has 2 unspecified atom stereocenters. The molecule has 1 aromatic carbocycles. The minimum absolute atomic E-state index is 0.0521. The van der Waals surface area contributed by atoms with Crippen LogP contribution in [0.1, 0.15) is 23.6 Å². The normalized spacial score (nSPS) is 21.3. The zero-order valence-corrected chi connectivity index (χ0v) is 11.7. The Bertz CT molecular complexity index is 594. The molecule has 1 aromatic rings. The molecule has 0 saturated carbocycles. The van der Waals surface area contributed by atoms with E-state index in [-0.39, 0.29) is 12.3 Å². The van der Waals surface area contributed by atoms with E-state index in [0.29, 0.717) is 24.3 Å². The van der Waals surface area contributed by atoms with Crippen LogP contribution < -0.4 is 0 Å². The van der Waals surface area contributed by atoms with Crippen molar-refractivity contribution in [2.75, 3.05) is 20.3 Å². The number of hydrogen-bond acceptors (Lipinski definition) is 4. The van der Waals surface area contributed by atoms with E-state index >= 15 is 0 Å². The zero-order chi connectivity index (χ0) is 15.4. The summed E-state index contributed by atoms with van der Waals surface area (Å²) < 4.78 is 4.98. The maximum absolute atomic E-state index is 12.1. The summed E-state index contributed by atoms with van der Waals surface area (Å²) in [5.74, 6) is -2.10. The van der Waals surface area contributed by atoms with Gasteiger partial charge in [-0.05, 0) is 11.6 Å². The van der Waals surface area contributed by atoms with Crippen LogP contribution in [-0.4, -0.2) is 42.1 Å². The highest BCUT2D eigenvalue weighted by molar-refractivity contribution is 5.87. The zero-order valence-electron chi connectivity index (χ0n) is 11.7. The van der Waals surface area contributed by atoms with Crippen LogP contribution in [0.2, 0.25) is 0 Å². The molecule has 21 heavy (non-hydrogen) atoms. The van der Waals surface area contributed by atoms with Crippen molar-refractivity contribution in [1.29, 1.82) is 5.26 Å². The maximum Gasteiger partial charge on any atom is 0.309 e. The molecular formula is C15H16N2O4. The average molecular weight is 288 g/mol. The first-order chi connectivity index (χ1) is 10.1. The molecule has 110 valence electrons. The predicted octanol–water partition coefficient (Wildman–Crippen LogP) is 1.18. The van der Waals surface area contributed by atoms with E-state index in [0.717, 1.165) is 0 Å². The smallest absolute Gasteiger partial charge is 0.309 e. The monoisotopic (exact) mass is 288 g/mol. The van der Waals surface area contributed by atoms with E-state index in [1.807, 2.05) is 0 Å². The van der Waals surface area contributed by atoms with Gasteiger partial charge in [0.1, 0.15) is 0 Å². The van der Waals surface area contributed by atoms with Gasteiger partial charge < -0.3 is 14.7 Å². The van der Waals surface area contributed by atoms with Crippen LogP contribution in [-0.2, 0) is 14.3 Å². The quantitative estimate of drug-likeness (QED) is 0.878. The highest BCUT2D eigenvalue weighted by Crippen LogP contribution is 2.39. The Balaban J connectivity index is 2.44. The fraction of sp³-hybridized carbons (Fsp3) is 0.400. The number of aliphatic carboxylic acids is 1. The molecule has 1 aliphatic heterocycles. The van der Waals surface area contributed by atoms with Crippen LogP contribution in [0.4, 0.5) is 0 Å². The van der Waals surface area contributed by atoms with E-state index < -0.39 is 17.9 Å². The molecule has 1 fully saturated rings. The molecule has 2 rings (SSSR count). The number of nitriles is 1.